The first-order valence-corrected chi connectivity index (χ1v) is 6.22. The molecule has 0 aromatic heterocycles. The molecule has 0 fully saturated rings. The number of hydrogen-bond acceptors (Lipinski definition) is 2. The average molecular weight is 264 g/mol. The van der Waals surface area contributed by atoms with Crippen LogP contribution in [0.1, 0.15) is 19.4 Å². The molecule has 19 heavy (non-hydrogen) atoms. The Kier molecular flexibility index (Phi) is 5.36. The quantitative estimate of drug-likeness (QED) is 0.851. The summed E-state index contributed by atoms with van der Waals surface area (Å²) in [6.45, 7) is 3.37. The van der Waals surface area contributed by atoms with Crippen molar-refractivity contribution in [3.8, 4) is 0 Å². The molecular weight excluding hydrogens is 244 g/mol. The fourth-order valence-corrected chi connectivity index (χ4v) is 1.67. The van der Waals surface area contributed by atoms with Crippen LogP contribution in [0.3, 0.4) is 0 Å². The minimum atomic E-state index is -1.02. The molecule has 0 spiro atoms. The highest BCUT2D eigenvalue weighted by Gasteiger charge is 2.22. The van der Waals surface area contributed by atoms with Gasteiger partial charge in [-0.1, -0.05) is 30.3 Å². The lowest BCUT2D eigenvalue weighted by Crippen LogP contribution is -2.48. The van der Waals surface area contributed by atoms with E-state index in [0.29, 0.717) is 6.42 Å². The molecule has 0 aliphatic carbocycles. The third-order valence-electron chi connectivity index (χ3n) is 3.01. The van der Waals surface area contributed by atoms with Gasteiger partial charge < -0.3 is 15.3 Å². The number of rotatable bonds is 5. The number of nitrogens with one attached hydrogen (secondary N) is 1. The lowest BCUT2D eigenvalue weighted by Gasteiger charge is -2.24. The molecule has 2 atom stereocenters. The summed E-state index contributed by atoms with van der Waals surface area (Å²) >= 11 is 0. The van der Waals surface area contributed by atoms with Crippen molar-refractivity contribution in [3.05, 3.63) is 35.9 Å². The molecule has 5 nitrogen and oxygen atoms in total. The molecule has 2 N–H and O–H groups in total. The molecule has 1 aromatic carbocycles. The molecule has 0 saturated heterocycles. The van der Waals surface area contributed by atoms with E-state index >= 15 is 0 Å². The number of carbonyl (C=O) groups excluding carboxylic acids is 1. The van der Waals surface area contributed by atoms with E-state index in [1.54, 1.807) is 0 Å². The fourth-order valence-electron chi connectivity index (χ4n) is 1.67. The van der Waals surface area contributed by atoms with Gasteiger partial charge in [0.2, 0.25) is 0 Å². The number of nitrogens with zero attached hydrogens (tertiary/aromatic N) is 1. The van der Waals surface area contributed by atoms with Gasteiger partial charge in [0.25, 0.3) is 0 Å². The molecular formula is C14H20N2O3. The van der Waals surface area contributed by atoms with Gasteiger partial charge in [-0.2, -0.15) is 0 Å². The third-order valence-corrected chi connectivity index (χ3v) is 3.01. The molecule has 0 bridgehead atoms. The van der Waals surface area contributed by atoms with Crippen LogP contribution in [0, 0.1) is 0 Å². The van der Waals surface area contributed by atoms with Crippen LogP contribution in [0.5, 0.6) is 0 Å². The van der Waals surface area contributed by atoms with Crippen LogP contribution in [0.2, 0.25) is 0 Å². The first kappa shape index (κ1) is 15.0. The Balaban J connectivity index is 2.50. The van der Waals surface area contributed by atoms with E-state index in [1.807, 2.05) is 37.3 Å². The molecule has 0 heterocycles. The summed E-state index contributed by atoms with van der Waals surface area (Å²) in [6, 6.07) is 8.54. The summed E-state index contributed by atoms with van der Waals surface area (Å²) in [4.78, 5) is 23.8. The Morgan fingerprint density at radius 2 is 1.84 bits per heavy atom. The standard InChI is InChI=1S/C14H20N2O3/c1-10(9-12-7-5-4-6-8-12)15-14(19)16(3)11(2)13(17)18/h4-8,10-11H,9H2,1-3H3,(H,15,19)(H,17,18). The maximum atomic E-state index is 11.8. The van der Waals surface area contributed by atoms with Crippen molar-refractivity contribution < 1.29 is 14.7 Å². The van der Waals surface area contributed by atoms with Gasteiger partial charge in [0.05, 0.1) is 0 Å². The smallest absolute Gasteiger partial charge is 0.326 e. The molecule has 0 aliphatic heterocycles. The number of hydrogen-bond donors (Lipinski definition) is 2. The summed E-state index contributed by atoms with van der Waals surface area (Å²) < 4.78 is 0. The van der Waals surface area contributed by atoms with Crippen LogP contribution in [-0.2, 0) is 11.2 Å². The second kappa shape index (κ2) is 6.78. The van der Waals surface area contributed by atoms with Gasteiger partial charge in [-0.15, -0.1) is 0 Å². The van der Waals surface area contributed by atoms with Gasteiger partial charge in [-0.05, 0) is 25.8 Å². The summed E-state index contributed by atoms with van der Waals surface area (Å²) in [5, 5.41) is 11.6. The zero-order chi connectivity index (χ0) is 14.4. The summed E-state index contributed by atoms with van der Waals surface area (Å²) in [5.74, 6) is -1.02. The molecule has 2 amide bonds. The second-order valence-electron chi connectivity index (χ2n) is 4.67. The number of carbonyl (C=O) groups is 2. The van der Waals surface area contributed by atoms with Gasteiger partial charge in [0.15, 0.2) is 0 Å². The van der Waals surface area contributed by atoms with Crippen LogP contribution in [0.25, 0.3) is 0 Å². The molecule has 0 aliphatic rings. The molecule has 1 aromatic rings. The number of aliphatic carboxylic acids is 1. The van der Waals surface area contributed by atoms with Crippen LogP contribution in [0.15, 0.2) is 30.3 Å². The van der Waals surface area contributed by atoms with Crippen LogP contribution < -0.4 is 5.32 Å². The summed E-state index contributed by atoms with van der Waals surface area (Å²) in [7, 11) is 1.48. The number of carboxylic acid groups (broad SMARTS) is 1. The molecule has 104 valence electrons. The monoisotopic (exact) mass is 264 g/mol. The van der Waals surface area contributed by atoms with Crippen molar-refractivity contribution in [2.24, 2.45) is 0 Å². The Bertz CT molecular complexity index is 434. The minimum absolute atomic E-state index is 0.0571. The predicted molar refractivity (Wildman–Crippen MR) is 73.0 cm³/mol. The van der Waals surface area contributed by atoms with E-state index in [9.17, 15) is 9.59 Å². The van der Waals surface area contributed by atoms with Crippen molar-refractivity contribution in [2.75, 3.05) is 7.05 Å². The van der Waals surface area contributed by atoms with Gasteiger partial charge in [-0.25, -0.2) is 9.59 Å². The Hall–Kier alpha value is -2.04. The van der Waals surface area contributed by atoms with E-state index < -0.39 is 12.0 Å². The molecule has 0 radical (unpaired) electrons. The highest BCUT2D eigenvalue weighted by Crippen LogP contribution is 2.04. The van der Waals surface area contributed by atoms with Gasteiger partial charge >= 0.3 is 12.0 Å². The molecule has 2 unspecified atom stereocenters. The SMILES string of the molecule is CC(Cc1ccccc1)NC(=O)N(C)C(C)C(=O)O. The largest absolute Gasteiger partial charge is 0.480 e. The zero-order valence-electron chi connectivity index (χ0n) is 11.5. The topological polar surface area (TPSA) is 69.6 Å². The molecule has 5 heteroatoms. The Labute approximate surface area is 113 Å². The third kappa shape index (κ3) is 4.62. The highest BCUT2D eigenvalue weighted by atomic mass is 16.4. The fraction of sp³-hybridized carbons (Fsp3) is 0.429. The van der Waals surface area contributed by atoms with E-state index in [0.717, 1.165) is 5.56 Å². The minimum Gasteiger partial charge on any atom is -0.480 e. The van der Waals surface area contributed by atoms with E-state index in [2.05, 4.69) is 5.32 Å². The summed E-state index contributed by atoms with van der Waals surface area (Å²) in [6.07, 6.45) is 0.710. The Morgan fingerprint density at radius 3 is 2.37 bits per heavy atom. The first-order chi connectivity index (χ1) is 8.91. The number of urea groups is 1. The zero-order valence-corrected chi connectivity index (χ0v) is 11.5. The van der Waals surface area contributed by atoms with Crippen molar-refractivity contribution in [3.63, 3.8) is 0 Å². The van der Waals surface area contributed by atoms with Crippen molar-refractivity contribution in [1.29, 1.82) is 0 Å². The maximum absolute atomic E-state index is 11.8. The number of likely N-dealkylation sites (N-methyl/N-ethyl adjacent to an activating group) is 1. The highest BCUT2D eigenvalue weighted by molar-refractivity contribution is 5.82. The van der Waals surface area contributed by atoms with Gasteiger partial charge in [0.1, 0.15) is 6.04 Å². The van der Waals surface area contributed by atoms with Crippen LogP contribution in [-0.4, -0.2) is 41.1 Å². The van der Waals surface area contributed by atoms with Gasteiger partial charge in [-0.3, -0.25) is 0 Å². The Morgan fingerprint density at radius 1 is 1.26 bits per heavy atom. The van der Waals surface area contributed by atoms with Gasteiger partial charge in [0, 0.05) is 13.1 Å². The van der Waals surface area contributed by atoms with Crippen molar-refractivity contribution in [1.82, 2.24) is 10.2 Å². The van der Waals surface area contributed by atoms with Crippen molar-refractivity contribution in [2.45, 2.75) is 32.4 Å². The molecule has 0 saturated carbocycles. The predicted octanol–water partition coefficient (Wildman–Crippen LogP) is 1.73. The summed E-state index contributed by atoms with van der Waals surface area (Å²) in [5.41, 5.74) is 1.13. The number of carboxylic acids is 1. The lowest BCUT2D eigenvalue weighted by atomic mass is 10.1. The van der Waals surface area contributed by atoms with Crippen molar-refractivity contribution >= 4 is 12.0 Å². The first-order valence-electron chi connectivity index (χ1n) is 6.22. The maximum Gasteiger partial charge on any atom is 0.326 e. The number of benzene rings is 1. The van der Waals surface area contributed by atoms with E-state index in [4.69, 9.17) is 5.11 Å². The van der Waals surface area contributed by atoms with E-state index in [1.165, 1.54) is 18.9 Å². The number of amides is 2. The van der Waals surface area contributed by atoms with Crippen LogP contribution >= 0.6 is 0 Å². The average Bonchev–Trinajstić information content (AvgIpc) is 2.37. The molecule has 1 rings (SSSR count). The van der Waals surface area contributed by atoms with Crippen LogP contribution in [0.4, 0.5) is 4.79 Å². The normalized spacial score (nSPS) is 13.4. The lowest BCUT2D eigenvalue weighted by molar-refractivity contribution is -0.141. The second-order valence-corrected chi connectivity index (χ2v) is 4.67. The van der Waals surface area contributed by atoms with E-state index in [-0.39, 0.29) is 12.1 Å².